The first-order valence-electron chi connectivity index (χ1n) is 6.56. The van der Waals surface area contributed by atoms with Crippen LogP contribution in [0.1, 0.15) is 30.1 Å². The van der Waals surface area contributed by atoms with E-state index >= 15 is 0 Å². The van der Waals surface area contributed by atoms with E-state index in [1.165, 1.54) is 12.1 Å². The number of nitrogens with zero attached hydrogens (tertiary/aromatic N) is 1. The Morgan fingerprint density at radius 3 is 2.85 bits per heavy atom. The van der Waals surface area contributed by atoms with Crippen LogP contribution in [0.5, 0.6) is 0 Å². The average molecular weight is 341 g/mol. The van der Waals surface area contributed by atoms with Crippen LogP contribution in [0.4, 0.5) is 10.5 Å². The van der Waals surface area contributed by atoms with Crippen LogP contribution >= 0.6 is 15.9 Å². The van der Waals surface area contributed by atoms with Gasteiger partial charge in [0.1, 0.15) is 0 Å². The molecule has 1 aliphatic rings. The summed E-state index contributed by atoms with van der Waals surface area (Å²) >= 11 is 3.32. The number of hydrogen-bond acceptors (Lipinski definition) is 2. The highest BCUT2D eigenvalue weighted by Crippen LogP contribution is 2.25. The molecule has 0 aliphatic carbocycles. The van der Waals surface area contributed by atoms with Gasteiger partial charge in [-0.25, -0.2) is 9.59 Å². The molecule has 2 rings (SSSR count). The van der Waals surface area contributed by atoms with Crippen molar-refractivity contribution >= 4 is 33.6 Å². The van der Waals surface area contributed by atoms with Gasteiger partial charge in [0.05, 0.1) is 11.3 Å². The maximum absolute atomic E-state index is 12.2. The highest BCUT2D eigenvalue weighted by Gasteiger charge is 2.21. The number of rotatable bonds is 2. The number of urea groups is 1. The second-order valence-electron chi connectivity index (χ2n) is 5.12. The number of carboxylic acid groups (broad SMARTS) is 1. The van der Waals surface area contributed by atoms with E-state index in [1.807, 2.05) is 0 Å². The summed E-state index contributed by atoms with van der Waals surface area (Å²) in [5, 5.41) is 11.8. The Morgan fingerprint density at radius 2 is 2.20 bits per heavy atom. The maximum atomic E-state index is 12.2. The second kappa shape index (κ2) is 6.26. The molecule has 1 heterocycles. The molecule has 2 N–H and O–H groups in total. The first-order valence-corrected chi connectivity index (χ1v) is 7.35. The quantitative estimate of drug-likeness (QED) is 0.866. The van der Waals surface area contributed by atoms with Crippen LogP contribution < -0.4 is 5.32 Å². The van der Waals surface area contributed by atoms with E-state index in [0.29, 0.717) is 16.1 Å². The molecule has 0 aromatic heterocycles. The number of piperidine rings is 1. The van der Waals surface area contributed by atoms with Crippen molar-refractivity contribution in [3.8, 4) is 0 Å². The predicted octanol–water partition coefficient (Wildman–Crippen LogP) is 3.41. The van der Waals surface area contributed by atoms with Crippen LogP contribution in [0.15, 0.2) is 22.7 Å². The van der Waals surface area contributed by atoms with E-state index in [2.05, 4.69) is 28.2 Å². The molecule has 20 heavy (non-hydrogen) atoms. The Bertz CT molecular complexity index is 533. The molecular weight excluding hydrogens is 324 g/mol. The lowest BCUT2D eigenvalue weighted by Crippen LogP contribution is -2.41. The van der Waals surface area contributed by atoms with E-state index in [0.717, 1.165) is 25.9 Å². The van der Waals surface area contributed by atoms with Crippen molar-refractivity contribution in [3.05, 3.63) is 28.2 Å². The molecule has 0 radical (unpaired) electrons. The zero-order valence-electron chi connectivity index (χ0n) is 11.2. The van der Waals surface area contributed by atoms with E-state index in [4.69, 9.17) is 5.11 Å². The molecule has 1 atom stereocenters. The van der Waals surface area contributed by atoms with Gasteiger partial charge in [-0.15, -0.1) is 0 Å². The van der Waals surface area contributed by atoms with Gasteiger partial charge in [0.2, 0.25) is 0 Å². The van der Waals surface area contributed by atoms with Gasteiger partial charge < -0.3 is 15.3 Å². The van der Waals surface area contributed by atoms with Crippen molar-refractivity contribution in [2.45, 2.75) is 19.8 Å². The first kappa shape index (κ1) is 14.8. The summed E-state index contributed by atoms with van der Waals surface area (Å²) in [7, 11) is 0. The van der Waals surface area contributed by atoms with Crippen molar-refractivity contribution in [3.63, 3.8) is 0 Å². The van der Waals surface area contributed by atoms with Crippen LogP contribution in [-0.4, -0.2) is 35.1 Å². The number of carbonyl (C=O) groups excluding carboxylic acids is 1. The third kappa shape index (κ3) is 3.50. The van der Waals surface area contributed by atoms with Gasteiger partial charge in [0.25, 0.3) is 0 Å². The number of nitrogens with one attached hydrogen (secondary N) is 1. The van der Waals surface area contributed by atoms with Gasteiger partial charge >= 0.3 is 12.0 Å². The van der Waals surface area contributed by atoms with E-state index in [-0.39, 0.29) is 11.6 Å². The van der Waals surface area contributed by atoms with Gasteiger partial charge in [0, 0.05) is 17.6 Å². The van der Waals surface area contributed by atoms with Crippen molar-refractivity contribution in [2.24, 2.45) is 5.92 Å². The largest absolute Gasteiger partial charge is 0.478 e. The minimum Gasteiger partial charge on any atom is -0.478 e. The van der Waals surface area contributed by atoms with Crippen molar-refractivity contribution < 1.29 is 14.7 Å². The lowest BCUT2D eigenvalue weighted by atomic mass is 10.0. The topological polar surface area (TPSA) is 69.6 Å². The van der Waals surface area contributed by atoms with Crippen LogP contribution in [0.2, 0.25) is 0 Å². The van der Waals surface area contributed by atoms with Crippen molar-refractivity contribution in [1.29, 1.82) is 0 Å². The predicted molar refractivity (Wildman–Crippen MR) is 80.1 cm³/mol. The number of carboxylic acids is 1. The number of anilines is 1. The maximum Gasteiger partial charge on any atom is 0.335 e. The molecule has 6 heteroatoms. The van der Waals surface area contributed by atoms with Crippen LogP contribution in [0.25, 0.3) is 0 Å². The lowest BCUT2D eigenvalue weighted by Gasteiger charge is -2.31. The van der Waals surface area contributed by atoms with Crippen LogP contribution in [-0.2, 0) is 0 Å². The molecule has 1 aliphatic heterocycles. The minimum absolute atomic E-state index is 0.149. The highest BCUT2D eigenvalue weighted by molar-refractivity contribution is 9.10. The molecule has 1 aromatic carbocycles. The van der Waals surface area contributed by atoms with Gasteiger partial charge in [-0.05, 0) is 52.9 Å². The van der Waals surface area contributed by atoms with Gasteiger partial charge in [0.15, 0.2) is 0 Å². The first-order chi connectivity index (χ1) is 9.47. The minimum atomic E-state index is -1.01. The summed E-state index contributed by atoms with van der Waals surface area (Å²) in [6.07, 6.45) is 2.15. The van der Waals surface area contributed by atoms with Crippen molar-refractivity contribution in [2.75, 3.05) is 18.4 Å². The number of likely N-dealkylation sites (tertiary alicyclic amines) is 1. The molecule has 1 unspecified atom stereocenters. The number of benzene rings is 1. The van der Waals surface area contributed by atoms with E-state index < -0.39 is 5.97 Å². The molecule has 0 saturated carbocycles. The second-order valence-corrected chi connectivity index (χ2v) is 5.98. The standard InChI is InChI=1S/C14H17BrN2O3/c1-9-3-2-6-17(8-9)14(20)16-12-7-10(13(18)19)4-5-11(12)15/h4-5,7,9H,2-3,6,8H2,1H3,(H,16,20)(H,18,19). The Labute approximate surface area is 126 Å². The zero-order valence-corrected chi connectivity index (χ0v) is 12.8. The average Bonchev–Trinajstić information content (AvgIpc) is 2.41. The van der Waals surface area contributed by atoms with E-state index in [1.54, 1.807) is 11.0 Å². The van der Waals surface area contributed by atoms with Gasteiger partial charge in [-0.3, -0.25) is 0 Å². The van der Waals surface area contributed by atoms with Gasteiger partial charge in [-0.1, -0.05) is 6.92 Å². The summed E-state index contributed by atoms with van der Waals surface area (Å²) in [5.74, 6) is -0.511. The monoisotopic (exact) mass is 340 g/mol. The number of amides is 2. The van der Waals surface area contributed by atoms with Crippen LogP contribution in [0, 0.1) is 5.92 Å². The normalized spacial score (nSPS) is 18.7. The molecule has 1 saturated heterocycles. The third-order valence-corrected chi connectivity index (χ3v) is 4.09. The fraction of sp³-hybridized carbons (Fsp3) is 0.429. The highest BCUT2D eigenvalue weighted by atomic mass is 79.9. The number of hydrogen-bond donors (Lipinski definition) is 2. The zero-order chi connectivity index (χ0) is 14.7. The number of carbonyl (C=O) groups is 2. The molecular formula is C14H17BrN2O3. The van der Waals surface area contributed by atoms with Gasteiger partial charge in [-0.2, -0.15) is 0 Å². The summed E-state index contributed by atoms with van der Waals surface area (Å²) in [6.45, 7) is 3.61. The molecule has 0 bridgehead atoms. The number of halogens is 1. The Balaban J connectivity index is 2.10. The number of aromatic carboxylic acids is 1. The fourth-order valence-electron chi connectivity index (χ4n) is 2.32. The SMILES string of the molecule is CC1CCCN(C(=O)Nc2cc(C(=O)O)ccc2Br)C1. The molecule has 2 amide bonds. The smallest absolute Gasteiger partial charge is 0.335 e. The summed E-state index contributed by atoms with van der Waals surface area (Å²) < 4.78 is 0.668. The fourth-order valence-corrected chi connectivity index (χ4v) is 2.67. The molecule has 108 valence electrons. The Kier molecular flexibility index (Phi) is 4.65. The van der Waals surface area contributed by atoms with E-state index in [9.17, 15) is 9.59 Å². The molecule has 0 spiro atoms. The molecule has 1 fully saturated rings. The Hall–Kier alpha value is -1.56. The summed E-state index contributed by atoms with van der Waals surface area (Å²) in [5.41, 5.74) is 0.628. The molecule has 5 nitrogen and oxygen atoms in total. The lowest BCUT2D eigenvalue weighted by molar-refractivity contribution is 0.0697. The summed E-state index contributed by atoms with van der Waals surface area (Å²) in [6, 6.07) is 4.39. The van der Waals surface area contributed by atoms with Crippen molar-refractivity contribution in [1.82, 2.24) is 4.90 Å². The van der Waals surface area contributed by atoms with Crippen LogP contribution in [0.3, 0.4) is 0 Å². The third-order valence-electron chi connectivity index (χ3n) is 3.40. The molecule has 1 aromatic rings. The summed E-state index contributed by atoms with van der Waals surface area (Å²) in [4.78, 5) is 24.9. The Morgan fingerprint density at radius 1 is 1.45 bits per heavy atom.